The molecule has 7 heteroatoms. The molecule has 0 aliphatic heterocycles. The fourth-order valence-electron chi connectivity index (χ4n) is 3.40. The van der Waals surface area contributed by atoms with E-state index in [2.05, 4.69) is 0 Å². The van der Waals surface area contributed by atoms with Crippen molar-refractivity contribution in [2.45, 2.75) is 12.8 Å². The summed E-state index contributed by atoms with van der Waals surface area (Å²) < 4.78 is 16.6. The van der Waals surface area contributed by atoms with Crippen molar-refractivity contribution in [2.24, 2.45) is 0 Å². The van der Waals surface area contributed by atoms with Crippen LogP contribution in [0.5, 0.6) is 23.0 Å². The maximum Gasteiger partial charge on any atom is 0.303 e. The van der Waals surface area contributed by atoms with Crippen LogP contribution in [-0.4, -0.2) is 50.2 Å². The number of rotatable bonds is 10. The Morgan fingerprint density at radius 3 is 1.86 bits per heavy atom. The monoisotopic (exact) mass is 475 g/mol. The summed E-state index contributed by atoms with van der Waals surface area (Å²) >= 11 is 0. The molecule has 0 atom stereocenters. The number of amides is 1. The van der Waals surface area contributed by atoms with E-state index >= 15 is 0 Å². The van der Waals surface area contributed by atoms with Gasteiger partial charge in [-0.05, 0) is 65.6 Å². The van der Waals surface area contributed by atoms with Crippen LogP contribution in [0, 0.1) is 0 Å². The smallest absolute Gasteiger partial charge is 0.303 e. The average molecular weight is 476 g/mol. The minimum Gasteiger partial charge on any atom is -0.497 e. The molecule has 0 spiro atoms. The van der Waals surface area contributed by atoms with Gasteiger partial charge in [-0.3, -0.25) is 9.59 Å². The summed E-state index contributed by atoms with van der Waals surface area (Å²) in [4.78, 5) is 25.2. The van der Waals surface area contributed by atoms with Crippen LogP contribution in [0.2, 0.25) is 0 Å². The number of carboxylic acid groups (broad SMARTS) is 1. The molecule has 3 aromatic rings. The third-order valence-electron chi connectivity index (χ3n) is 5.27. The Morgan fingerprint density at radius 2 is 1.37 bits per heavy atom. The second kappa shape index (κ2) is 11.7. The number of carboxylic acids is 1. The quantitative estimate of drug-likeness (QED) is 0.323. The van der Waals surface area contributed by atoms with Crippen molar-refractivity contribution in [1.29, 1.82) is 0 Å². The Hall–Kier alpha value is -4.26. The Labute approximate surface area is 205 Å². The van der Waals surface area contributed by atoms with Crippen molar-refractivity contribution in [3.8, 4) is 23.0 Å². The Kier molecular flexibility index (Phi) is 8.51. The average Bonchev–Trinajstić information content (AvgIpc) is 2.86. The molecule has 182 valence electrons. The van der Waals surface area contributed by atoms with Gasteiger partial charge in [0.15, 0.2) is 0 Å². The molecule has 0 aliphatic carbocycles. The van der Waals surface area contributed by atoms with Gasteiger partial charge in [-0.15, -0.1) is 0 Å². The highest BCUT2D eigenvalue weighted by Gasteiger charge is 2.15. The molecule has 0 bridgehead atoms. The molecule has 1 N–H and O–H groups in total. The van der Waals surface area contributed by atoms with E-state index in [1.54, 1.807) is 52.6 Å². The molecule has 0 unspecified atom stereocenters. The summed E-state index contributed by atoms with van der Waals surface area (Å²) in [6, 6.07) is 20.0. The van der Waals surface area contributed by atoms with Crippen molar-refractivity contribution < 1.29 is 28.9 Å². The fourth-order valence-corrected chi connectivity index (χ4v) is 3.40. The first-order valence-electron chi connectivity index (χ1n) is 11.0. The standard InChI is InChI=1S/C28H29NO6/c1-29(2)28(32)26(17-20-15-24(33-3)18-25(16-20)34-4)21-8-12-23(13-9-21)35-22-10-5-19(6-11-22)7-14-27(30)31/h5-6,8-13,15-18H,7,14H2,1-4H3,(H,30,31). The molecule has 0 saturated carbocycles. The number of hydrogen-bond donors (Lipinski definition) is 1. The molecule has 7 nitrogen and oxygen atoms in total. The highest BCUT2D eigenvalue weighted by Crippen LogP contribution is 2.29. The van der Waals surface area contributed by atoms with Crippen LogP contribution in [0.3, 0.4) is 0 Å². The first-order valence-corrected chi connectivity index (χ1v) is 11.0. The van der Waals surface area contributed by atoms with Crippen LogP contribution in [0.25, 0.3) is 11.6 Å². The lowest BCUT2D eigenvalue weighted by Gasteiger charge is -2.15. The van der Waals surface area contributed by atoms with Crippen molar-refractivity contribution in [3.63, 3.8) is 0 Å². The van der Waals surface area contributed by atoms with Crippen LogP contribution < -0.4 is 14.2 Å². The Balaban J connectivity index is 1.84. The van der Waals surface area contributed by atoms with Gasteiger partial charge >= 0.3 is 5.97 Å². The first kappa shape index (κ1) is 25.4. The zero-order chi connectivity index (χ0) is 25.4. The predicted octanol–water partition coefficient (Wildman–Crippen LogP) is 5.14. The number of carbonyl (C=O) groups excluding carboxylic acids is 1. The predicted molar refractivity (Wildman–Crippen MR) is 135 cm³/mol. The molecule has 0 fully saturated rings. The highest BCUT2D eigenvalue weighted by molar-refractivity contribution is 6.24. The van der Waals surface area contributed by atoms with E-state index in [0.717, 1.165) is 16.7 Å². The van der Waals surface area contributed by atoms with E-state index in [-0.39, 0.29) is 12.3 Å². The van der Waals surface area contributed by atoms with Crippen LogP contribution in [-0.2, 0) is 16.0 Å². The van der Waals surface area contributed by atoms with Gasteiger partial charge in [-0.2, -0.15) is 0 Å². The third-order valence-corrected chi connectivity index (χ3v) is 5.27. The lowest BCUT2D eigenvalue weighted by atomic mass is 10.0. The number of carbonyl (C=O) groups is 2. The summed E-state index contributed by atoms with van der Waals surface area (Å²) in [5, 5.41) is 8.82. The van der Waals surface area contributed by atoms with E-state index in [1.165, 1.54) is 4.90 Å². The molecule has 1 amide bonds. The fraction of sp³-hybridized carbons (Fsp3) is 0.214. The van der Waals surface area contributed by atoms with Crippen molar-refractivity contribution in [1.82, 2.24) is 4.90 Å². The van der Waals surface area contributed by atoms with Crippen molar-refractivity contribution in [3.05, 3.63) is 83.4 Å². The maximum atomic E-state index is 13.0. The van der Waals surface area contributed by atoms with Gasteiger partial charge in [0.25, 0.3) is 5.91 Å². The molecule has 0 aliphatic rings. The number of ether oxygens (including phenoxy) is 3. The highest BCUT2D eigenvalue weighted by atomic mass is 16.5. The van der Waals surface area contributed by atoms with Gasteiger partial charge in [0, 0.05) is 32.2 Å². The first-order chi connectivity index (χ1) is 16.8. The second-order valence-corrected chi connectivity index (χ2v) is 8.07. The number of aliphatic carboxylic acids is 1. The Bertz CT molecular complexity index is 1170. The van der Waals surface area contributed by atoms with E-state index in [4.69, 9.17) is 19.3 Å². The summed E-state index contributed by atoms with van der Waals surface area (Å²) in [6.45, 7) is 0. The normalized spacial score (nSPS) is 11.0. The number of likely N-dealkylation sites (N-methyl/N-ethyl adjacent to an activating group) is 1. The van der Waals surface area contributed by atoms with E-state index in [0.29, 0.717) is 35.0 Å². The summed E-state index contributed by atoms with van der Waals surface area (Å²) in [6.07, 6.45) is 2.36. The third kappa shape index (κ3) is 7.11. The molecule has 0 heterocycles. The molecule has 3 rings (SSSR count). The zero-order valence-corrected chi connectivity index (χ0v) is 20.3. The lowest BCUT2D eigenvalue weighted by molar-refractivity contribution is -0.137. The molecular weight excluding hydrogens is 446 g/mol. The summed E-state index contributed by atoms with van der Waals surface area (Å²) in [7, 11) is 6.58. The van der Waals surface area contributed by atoms with Crippen molar-refractivity contribution in [2.75, 3.05) is 28.3 Å². The van der Waals surface area contributed by atoms with Gasteiger partial charge in [-0.25, -0.2) is 0 Å². The largest absolute Gasteiger partial charge is 0.497 e. The number of methoxy groups -OCH3 is 2. The second-order valence-electron chi connectivity index (χ2n) is 8.07. The number of hydrogen-bond acceptors (Lipinski definition) is 5. The van der Waals surface area contributed by atoms with Gasteiger partial charge in [0.05, 0.1) is 14.2 Å². The van der Waals surface area contributed by atoms with Crippen LogP contribution in [0.15, 0.2) is 66.7 Å². The molecular formula is C28H29NO6. The molecule has 0 aromatic heterocycles. The van der Waals surface area contributed by atoms with Crippen LogP contribution >= 0.6 is 0 Å². The molecule has 3 aromatic carbocycles. The maximum absolute atomic E-state index is 13.0. The topological polar surface area (TPSA) is 85.3 Å². The number of nitrogens with zero attached hydrogens (tertiary/aromatic N) is 1. The van der Waals surface area contributed by atoms with Gasteiger partial charge in [0.2, 0.25) is 0 Å². The van der Waals surface area contributed by atoms with E-state index < -0.39 is 5.97 Å². The minimum atomic E-state index is -0.822. The van der Waals surface area contributed by atoms with Crippen LogP contribution in [0.4, 0.5) is 0 Å². The van der Waals surface area contributed by atoms with Gasteiger partial charge in [-0.1, -0.05) is 24.3 Å². The summed E-state index contributed by atoms with van der Waals surface area (Å²) in [5.41, 5.74) is 2.96. The van der Waals surface area contributed by atoms with E-state index in [9.17, 15) is 9.59 Å². The van der Waals surface area contributed by atoms with E-state index in [1.807, 2.05) is 48.5 Å². The van der Waals surface area contributed by atoms with Crippen LogP contribution in [0.1, 0.15) is 23.1 Å². The number of aryl methyl sites for hydroxylation is 1. The zero-order valence-electron chi connectivity index (χ0n) is 20.3. The molecule has 0 saturated heterocycles. The summed E-state index contributed by atoms with van der Waals surface area (Å²) in [5.74, 6) is 1.55. The molecule has 35 heavy (non-hydrogen) atoms. The lowest BCUT2D eigenvalue weighted by Crippen LogP contribution is -2.22. The van der Waals surface area contributed by atoms with Gasteiger partial charge < -0.3 is 24.2 Å². The van der Waals surface area contributed by atoms with Crippen molar-refractivity contribution >= 4 is 23.5 Å². The van der Waals surface area contributed by atoms with Gasteiger partial charge in [0.1, 0.15) is 23.0 Å². The molecule has 0 radical (unpaired) electrons. The SMILES string of the molecule is COc1cc(C=C(C(=O)N(C)C)c2ccc(Oc3ccc(CCC(=O)O)cc3)cc2)cc(OC)c1. The minimum absolute atomic E-state index is 0.0890. The Morgan fingerprint density at radius 1 is 0.829 bits per heavy atom. The number of benzene rings is 3.